The number of hydrogen-bond acceptors (Lipinski definition) is 1. The summed E-state index contributed by atoms with van der Waals surface area (Å²) in [5.74, 6) is 0.440. The second-order valence-electron chi connectivity index (χ2n) is 2.85. The topological polar surface area (TPSA) is 17.1 Å². The Morgan fingerprint density at radius 1 is 1.55 bits per heavy atom. The highest BCUT2D eigenvalue weighted by Gasteiger charge is 1.98. The summed E-state index contributed by atoms with van der Waals surface area (Å²) >= 11 is 0. The summed E-state index contributed by atoms with van der Waals surface area (Å²) in [5.41, 5.74) is 1.82. The van der Waals surface area contributed by atoms with Crippen LogP contribution >= 0.6 is 0 Å². The van der Waals surface area contributed by atoms with Crippen molar-refractivity contribution in [2.75, 3.05) is 0 Å². The third kappa shape index (κ3) is 1.90. The third-order valence-corrected chi connectivity index (χ3v) is 1.61. The number of carbonyl (C=O) groups excluding carboxylic acids is 1. The summed E-state index contributed by atoms with van der Waals surface area (Å²) in [6, 6.07) is 8.51. The molecule has 57 valence electrons. The first-order chi connectivity index (χ1) is 5.24. The van der Waals surface area contributed by atoms with Gasteiger partial charge in [-0.25, -0.2) is 0 Å². The monoisotopic (exact) mass is 147 g/mol. The highest BCUT2D eigenvalue weighted by molar-refractivity contribution is 5.74. The Balaban J connectivity index is 3.00. The molecule has 1 nitrogen and oxygen atoms in total. The summed E-state index contributed by atoms with van der Waals surface area (Å²) in [6.45, 7) is 4.17. The standard InChI is InChI=1S/C10H11O/c1-8(2)10-5-3-4-9(6-10)7-11/h3-4,6-8H,1-2H3. The zero-order valence-corrected chi connectivity index (χ0v) is 6.79. The van der Waals surface area contributed by atoms with Gasteiger partial charge in [0.15, 0.2) is 0 Å². The van der Waals surface area contributed by atoms with E-state index in [1.807, 2.05) is 6.07 Å². The van der Waals surface area contributed by atoms with Gasteiger partial charge in [-0.15, -0.1) is 0 Å². The largest absolute Gasteiger partial charge is 0.298 e. The highest BCUT2D eigenvalue weighted by Crippen LogP contribution is 2.13. The minimum atomic E-state index is 0.440. The van der Waals surface area contributed by atoms with Gasteiger partial charge in [0.1, 0.15) is 6.29 Å². The van der Waals surface area contributed by atoms with Crippen molar-refractivity contribution in [3.8, 4) is 0 Å². The lowest BCUT2D eigenvalue weighted by Gasteiger charge is -2.03. The maximum atomic E-state index is 10.4. The van der Waals surface area contributed by atoms with E-state index < -0.39 is 0 Å². The molecule has 0 aliphatic heterocycles. The van der Waals surface area contributed by atoms with Crippen LogP contribution in [0.3, 0.4) is 0 Å². The number of aldehydes is 1. The van der Waals surface area contributed by atoms with Crippen LogP contribution in [0.25, 0.3) is 0 Å². The summed E-state index contributed by atoms with van der Waals surface area (Å²) in [6.07, 6.45) is 0.861. The van der Waals surface area contributed by atoms with E-state index in [1.54, 1.807) is 12.1 Å². The minimum absolute atomic E-state index is 0.440. The zero-order chi connectivity index (χ0) is 8.27. The molecule has 0 amide bonds. The van der Waals surface area contributed by atoms with Crippen molar-refractivity contribution in [2.24, 2.45) is 0 Å². The van der Waals surface area contributed by atoms with Gasteiger partial charge in [-0.05, 0) is 23.6 Å². The maximum absolute atomic E-state index is 10.4. The molecule has 0 aliphatic rings. The first kappa shape index (κ1) is 7.99. The van der Waals surface area contributed by atoms with Crippen LogP contribution in [0.1, 0.15) is 35.7 Å². The molecule has 11 heavy (non-hydrogen) atoms. The molecule has 0 aromatic heterocycles. The lowest BCUT2D eigenvalue weighted by molar-refractivity contribution is 0.112. The number of carbonyl (C=O) groups is 1. The van der Waals surface area contributed by atoms with E-state index in [9.17, 15) is 4.79 Å². The van der Waals surface area contributed by atoms with Gasteiger partial charge in [0.05, 0.1) is 0 Å². The van der Waals surface area contributed by atoms with E-state index in [0.29, 0.717) is 5.92 Å². The fourth-order valence-electron chi connectivity index (χ4n) is 0.910. The predicted molar refractivity (Wildman–Crippen MR) is 44.8 cm³/mol. The second-order valence-corrected chi connectivity index (χ2v) is 2.85. The summed E-state index contributed by atoms with van der Waals surface area (Å²) in [7, 11) is 0. The molecule has 1 aromatic rings. The Morgan fingerprint density at radius 2 is 2.27 bits per heavy atom. The molecule has 0 N–H and O–H groups in total. The molecule has 0 atom stereocenters. The van der Waals surface area contributed by atoms with E-state index >= 15 is 0 Å². The summed E-state index contributed by atoms with van der Waals surface area (Å²) < 4.78 is 0. The molecule has 0 unspecified atom stereocenters. The molecule has 0 saturated carbocycles. The van der Waals surface area contributed by atoms with E-state index in [2.05, 4.69) is 19.9 Å². The maximum Gasteiger partial charge on any atom is 0.150 e. The van der Waals surface area contributed by atoms with Crippen LogP contribution < -0.4 is 0 Å². The fraction of sp³-hybridized carbons (Fsp3) is 0.300. The van der Waals surface area contributed by atoms with Crippen molar-refractivity contribution < 1.29 is 4.79 Å². The lowest BCUT2D eigenvalue weighted by atomic mass is 10.0. The average molecular weight is 147 g/mol. The van der Waals surface area contributed by atoms with Gasteiger partial charge in [0.2, 0.25) is 0 Å². The lowest BCUT2D eigenvalue weighted by Crippen LogP contribution is -1.89. The van der Waals surface area contributed by atoms with Gasteiger partial charge in [0.25, 0.3) is 0 Å². The van der Waals surface area contributed by atoms with Crippen molar-refractivity contribution in [3.63, 3.8) is 0 Å². The average Bonchev–Trinajstić information content (AvgIpc) is 2.05. The predicted octanol–water partition coefficient (Wildman–Crippen LogP) is 2.42. The molecular formula is C10H11O. The molecule has 0 aliphatic carbocycles. The Kier molecular flexibility index (Phi) is 2.42. The SMILES string of the molecule is CC(C)c1[c]ccc(C=O)c1. The quantitative estimate of drug-likeness (QED) is 0.587. The molecule has 1 heteroatoms. The molecule has 0 heterocycles. The normalized spacial score (nSPS) is 10.1. The molecule has 1 aromatic carbocycles. The summed E-state index contributed by atoms with van der Waals surface area (Å²) in [4.78, 5) is 10.4. The molecule has 0 fully saturated rings. The zero-order valence-electron chi connectivity index (χ0n) is 6.79. The van der Waals surface area contributed by atoms with Crippen LogP contribution in [-0.2, 0) is 0 Å². The Bertz CT molecular complexity index is 251. The van der Waals surface area contributed by atoms with Crippen molar-refractivity contribution in [1.82, 2.24) is 0 Å². The van der Waals surface area contributed by atoms with Crippen molar-refractivity contribution >= 4 is 6.29 Å². The smallest absolute Gasteiger partial charge is 0.150 e. The molecule has 0 spiro atoms. The van der Waals surface area contributed by atoms with Crippen molar-refractivity contribution in [1.29, 1.82) is 0 Å². The summed E-state index contributed by atoms with van der Waals surface area (Å²) in [5, 5.41) is 0. The van der Waals surface area contributed by atoms with Crippen LogP contribution in [0.15, 0.2) is 18.2 Å². The van der Waals surface area contributed by atoms with Gasteiger partial charge < -0.3 is 0 Å². The fourth-order valence-corrected chi connectivity index (χ4v) is 0.910. The number of benzene rings is 1. The van der Waals surface area contributed by atoms with Crippen LogP contribution in [0.5, 0.6) is 0 Å². The number of hydrogen-bond donors (Lipinski definition) is 0. The van der Waals surface area contributed by atoms with Crippen molar-refractivity contribution in [3.05, 3.63) is 35.4 Å². The van der Waals surface area contributed by atoms with Gasteiger partial charge >= 0.3 is 0 Å². The molecule has 1 radical (unpaired) electrons. The molecule has 1 rings (SSSR count). The molecular weight excluding hydrogens is 136 g/mol. The van der Waals surface area contributed by atoms with E-state index in [4.69, 9.17) is 0 Å². The molecule has 0 bridgehead atoms. The van der Waals surface area contributed by atoms with Crippen LogP contribution in [0, 0.1) is 6.07 Å². The van der Waals surface area contributed by atoms with E-state index in [-0.39, 0.29) is 0 Å². The minimum Gasteiger partial charge on any atom is -0.298 e. The first-order valence-electron chi connectivity index (χ1n) is 3.71. The van der Waals surface area contributed by atoms with E-state index in [0.717, 1.165) is 17.4 Å². The Labute approximate surface area is 67.1 Å². The van der Waals surface area contributed by atoms with Gasteiger partial charge in [-0.2, -0.15) is 0 Å². The van der Waals surface area contributed by atoms with E-state index in [1.165, 1.54) is 0 Å². The number of rotatable bonds is 2. The highest BCUT2D eigenvalue weighted by atomic mass is 16.1. The second kappa shape index (κ2) is 3.33. The van der Waals surface area contributed by atoms with Crippen molar-refractivity contribution in [2.45, 2.75) is 19.8 Å². The van der Waals surface area contributed by atoms with Gasteiger partial charge in [-0.3, -0.25) is 4.79 Å². The van der Waals surface area contributed by atoms with Crippen LogP contribution in [0.4, 0.5) is 0 Å². The van der Waals surface area contributed by atoms with Gasteiger partial charge in [-0.1, -0.05) is 26.0 Å². The van der Waals surface area contributed by atoms with Gasteiger partial charge in [0, 0.05) is 5.56 Å². The third-order valence-electron chi connectivity index (χ3n) is 1.61. The Hall–Kier alpha value is -1.11. The Morgan fingerprint density at radius 3 is 2.82 bits per heavy atom. The van der Waals surface area contributed by atoms with Crippen LogP contribution in [0.2, 0.25) is 0 Å². The first-order valence-corrected chi connectivity index (χ1v) is 3.71. The van der Waals surface area contributed by atoms with Crippen LogP contribution in [-0.4, -0.2) is 6.29 Å². The molecule has 0 saturated heterocycles.